The van der Waals surface area contributed by atoms with E-state index in [0.29, 0.717) is 82.0 Å². The Labute approximate surface area is 398 Å². The number of hydrogen-bond donors (Lipinski definition) is 1. The number of carbonyl (C=O) groups is 2. The fourth-order valence-corrected chi connectivity index (χ4v) is 12.5. The van der Waals surface area contributed by atoms with Gasteiger partial charge in [-0.2, -0.15) is 0 Å². The third kappa shape index (κ3) is 8.63. The molecule has 11 rings (SSSR count). The molecular weight excluding hydrogens is 928 g/mol. The third-order valence-corrected chi connectivity index (χ3v) is 16.4. The van der Waals surface area contributed by atoms with Crippen LogP contribution in [0.25, 0.3) is 44.3 Å². The Kier molecular flexibility index (Phi) is 11.8. The summed E-state index contributed by atoms with van der Waals surface area (Å²) in [5.74, 6) is 2.42. The number of fused-ring (bicyclic) bond motifs is 2. The van der Waals surface area contributed by atoms with E-state index in [2.05, 4.69) is 24.8 Å². The van der Waals surface area contributed by atoms with Crippen LogP contribution in [0.5, 0.6) is 0 Å². The molecule has 0 unspecified atom stereocenters. The van der Waals surface area contributed by atoms with E-state index in [1.165, 1.54) is 33.3 Å². The van der Waals surface area contributed by atoms with Gasteiger partial charge in [0.2, 0.25) is 31.9 Å². The average molecular weight is 981 g/mol. The van der Waals surface area contributed by atoms with Crippen LogP contribution >= 0.6 is 0 Å². The molecule has 1 N–H and O–H groups in total. The molecule has 7 aromatic rings. The quantitative estimate of drug-likeness (QED) is 0.155. The first-order chi connectivity index (χ1) is 32.8. The summed E-state index contributed by atoms with van der Waals surface area (Å²) >= 11 is 0. The van der Waals surface area contributed by atoms with Crippen molar-refractivity contribution in [2.75, 3.05) is 43.6 Å². The second-order valence-corrected chi connectivity index (χ2v) is 22.5. The second-order valence-electron chi connectivity index (χ2n) is 18.6. The van der Waals surface area contributed by atoms with E-state index in [0.717, 1.165) is 67.3 Å². The van der Waals surface area contributed by atoms with Gasteiger partial charge in [0.15, 0.2) is 0 Å². The van der Waals surface area contributed by atoms with Crippen LogP contribution in [0.1, 0.15) is 97.2 Å². The van der Waals surface area contributed by atoms with E-state index in [1.807, 2.05) is 64.1 Å². The Hall–Kier alpha value is -6.29. The van der Waals surface area contributed by atoms with Gasteiger partial charge < -0.3 is 28.4 Å². The first-order valence-corrected chi connectivity index (χ1v) is 26.7. The molecule has 21 heteroatoms. The van der Waals surface area contributed by atoms with Crippen LogP contribution < -0.4 is 10.2 Å². The van der Waals surface area contributed by atoms with E-state index in [9.17, 15) is 30.8 Å². The summed E-state index contributed by atoms with van der Waals surface area (Å²) < 4.78 is 80.8. The van der Waals surface area contributed by atoms with Crippen LogP contribution in [-0.4, -0.2) is 105 Å². The molecule has 4 aromatic heterocycles. The predicted molar refractivity (Wildman–Crippen MR) is 256 cm³/mol. The highest BCUT2D eigenvalue weighted by atomic mass is 32.2. The Balaban J connectivity index is 0.000000164. The molecule has 2 amide bonds. The molecule has 362 valence electrons. The number of aryl methyl sites for hydroxylation is 4. The number of sulfonamides is 2. The molecule has 0 radical (unpaired) electrons. The van der Waals surface area contributed by atoms with Gasteiger partial charge in [-0.1, -0.05) is 28.5 Å². The average Bonchev–Trinajstić information content (AvgIpc) is 4.15. The van der Waals surface area contributed by atoms with Gasteiger partial charge in [-0.15, -0.1) is 0 Å². The van der Waals surface area contributed by atoms with Crippen molar-refractivity contribution in [3.63, 3.8) is 0 Å². The molecule has 8 heterocycles. The zero-order valence-electron chi connectivity index (χ0n) is 39.1. The maximum Gasteiger partial charge on any atom is 0.227 e. The Morgan fingerprint density at radius 3 is 1.67 bits per heavy atom. The number of nitrogens with zero attached hydrogens (tertiary/aromatic N) is 9. The van der Waals surface area contributed by atoms with Gasteiger partial charge in [-0.25, -0.2) is 39.8 Å². The minimum atomic E-state index is -3.35. The Morgan fingerprint density at radius 2 is 1.20 bits per heavy atom. The lowest BCUT2D eigenvalue weighted by atomic mass is 10.0. The fraction of sp³-hybridized carbons (Fsp3) is 0.417. The highest BCUT2D eigenvalue weighted by Crippen LogP contribution is 2.42. The van der Waals surface area contributed by atoms with E-state index in [4.69, 9.17) is 19.0 Å². The van der Waals surface area contributed by atoms with E-state index >= 15 is 0 Å². The highest BCUT2D eigenvalue weighted by molar-refractivity contribution is 7.88. The summed E-state index contributed by atoms with van der Waals surface area (Å²) in [6, 6.07) is 17.3. The number of nitrogens with one attached hydrogen (secondary N) is 1. The van der Waals surface area contributed by atoms with Crippen molar-refractivity contribution in [3.8, 4) is 22.3 Å². The summed E-state index contributed by atoms with van der Waals surface area (Å²) in [5.41, 5.74) is 9.16. The number of carbonyl (C=O) groups excluding carboxylic acids is 2. The van der Waals surface area contributed by atoms with Gasteiger partial charge in [-0.3, -0.25) is 9.59 Å². The monoisotopic (exact) mass is 980 g/mol. The highest BCUT2D eigenvalue weighted by Gasteiger charge is 2.40. The fourth-order valence-electron chi connectivity index (χ4n) is 10.7. The van der Waals surface area contributed by atoms with E-state index < -0.39 is 31.9 Å². The van der Waals surface area contributed by atoms with Crippen molar-refractivity contribution in [2.24, 2.45) is 0 Å². The minimum absolute atomic E-state index is 0.0178. The van der Waals surface area contributed by atoms with Crippen molar-refractivity contribution in [1.29, 1.82) is 0 Å². The van der Waals surface area contributed by atoms with Crippen LogP contribution in [0.3, 0.4) is 0 Å². The van der Waals surface area contributed by atoms with Crippen LogP contribution in [0, 0.1) is 33.5 Å². The lowest BCUT2D eigenvalue weighted by Crippen LogP contribution is -2.31. The van der Waals surface area contributed by atoms with Gasteiger partial charge in [0.1, 0.15) is 29.0 Å². The van der Waals surface area contributed by atoms with Crippen LogP contribution in [0.4, 0.5) is 10.1 Å². The molecule has 4 aliphatic rings. The number of halogens is 1. The summed E-state index contributed by atoms with van der Waals surface area (Å²) in [4.78, 5) is 36.5. The summed E-state index contributed by atoms with van der Waals surface area (Å²) in [6.07, 6.45) is 5.79. The molecule has 0 saturated carbocycles. The smallest absolute Gasteiger partial charge is 0.227 e. The van der Waals surface area contributed by atoms with Crippen LogP contribution in [-0.2, 0) is 29.6 Å². The van der Waals surface area contributed by atoms with Crippen molar-refractivity contribution in [3.05, 3.63) is 101 Å². The van der Waals surface area contributed by atoms with E-state index in [-0.39, 0.29) is 29.9 Å². The van der Waals surface area contributed by atoms with Gasteiger partial charge in [0.05, 0.1) is 70.1 Å². The molecule has 0 bridgehead atoms. The number of anilines is 1. The standard InChI is InChI=1S/C27H28FN5O4S.C21H25N5O4S/c1-16-26(17(2)37-30-16)18-7-8-23-22(13-18)29-27(33(23)21-11-12-31(15-21)38(3,35)36)24-9-10-25(34)32(24)20-6-4-5-19(28)14-20;1-12-20(13(2)30-24-12)14-4-6-18-17(10-14)23-21(16-5-7-19(27)22-16)26(18)15-8-9-25(11-15)31(3,28)29/h4-8,13-14,21,24H,9-12,15H2,1-3H3;4,6,10,15-16H,5,7-9,11H2,1-3H3,(H,22,27)/t21-,24-;15-,16-/m11/s1. The predicted octanol–water partition coefficient (Wildman–Crippen LogP) is 6.99. The lowest BCUT2D eigenvalue weighted by molar-refractivity contribution is -0.119. The summed E-state index contributed by atoms with van der Waals surface area (Å²) in [5, 5.41) is 11.1. The first kappa shape index (κ1) is 46.4. The number of hydrogen-bond acceptors (Lipinski definition) is 12. The topological polar surface area (TPSA) is 212 Å². The van der Waals surface area contributed by atoms with Gasteiger partial charge in [0, 0.05) is 55.8 Å². The van der Waals surface area contributed by atoms with Crippen LogP contribution in [0.15, 0.2) is 69.7 Å². The molecule has 4 fully saturated rings. The second kappa shape index (κ2) is 17.6. The number of amides is 2. The van der Waals surface area contributed by atoms with Crippen molar-refractivity contribution in [1.82, 2.24) is 43.3 Å². The number of rotatable bonds is 9. The van der Waals surface area contributed by atoms with Crippen molar-refractivity contribution >= 4 is 59.6 Å². The molecule has 0 spiro atoms. The molecular formula is C48H53FN10O8S2. The van der Waals surface area contributed by atoms with Crippen molar-refractivity contribution < 1.29 is 39.9 Å². The lowest BCUT2D eigenvalue weighted by Gasteiger charge is -2.27. The van der Waals surface area contributed by atoms with Crippen molar-refractivity contribution in [2.45, 2.75) is 90.4 Å². The third-order valence-electron chi connectivity index (χ3n) is 13.9. The molecule has 3 aromatic carbocycles. The number of benzene rings is 3. The minimum Gasteiger partial charge on any atom is -0.361 e. The Morgan fingerprint density at radius 1 is 0.667 bits per heavy atom. The zero-order chi connectivity index (χ0) is 48.7. The normalized spacial score (nSPS) is 21.5. The molecule has 4 atom stereocenters. The molecule has 4 saturated heterocycles. The largest absolute Gasteiger partial charge is 0.361 e. The SMILES string of the molecule is Cc1noc(C)c1-c1ccc2c(c1)nc([C@H]1CCC(=O)N1)n2[C@@H]1CCN(S(C)(=O)=O)C1.Cc1noc(C)c1-c1ccc2c(c1)nc([C@H]1CCC(=O)N1c1cccc(F)c1)n2[C@@H]1CCN(S(C)(=O)=O)C1. The number of imidazole rings is 2. The van der Waals surface area contributed by atoms with Gasteiger partial charge in [-0.05, 0) is 107 Å². The first-order valence-electron chi connectivity index (χ1n) is 23.0. The molecule has 69 heavy (non-hydrogen) atoms. The maximum absolute atomic E-state index is 14.1. The summed E-state index contributed by atoms with van der Waals surface area (Å²) in [7, 11) is -6.60. The molecule has 0 aliphatic carbocycles. The summed E-state index contributed by atoms with van der Waals surface area (Å²) in [6.45, 7) is 9.17. The maximum atomic E-state index is 14.1. The molecule has 18 nitrogen and oxygen atoms in total. The zero-order valence-corrected chi connectivity index (χ0v) is 40.8. The number of aromatic nitrogens is 6. The Bertz CT molecular complexity index is 3380. The van der Waals surface area contributed by atoms with Gasteiger partial charge >= 0.3 is 0 Å². The van der Waals surface area contributed by atoms with Crippen LogP contribution in [0.2, 0.25) is 0 Å². The van der Waals surface area contributed by atoms with Gasteiger partial charge in [0.25, 0.3) is 0 Å². The molecule has 4 aliphatic heterocycles. The van der Waals surface area contributed by atoms with E-state index in [1.54, 1.807) is 17.0 Å².